The van der Waals surface area contributed by atoms with Crippen molar-refractivity contribution in [2.45, 2.75) is 147 Å². The lowest BCUT2D eigenvalue weighted by molar-refractivity contribution is -0.136. The normalized spacial score (nSPS) is 14.5. The minimum atomic E-state index is -1.39. The molecule has 2 aromatic heterocycles. The molecule has 0 aliphatic rings. The largest absolute Gasteiger partial charge is 0.508 e. The first-order valence-corrected chi connectivity index (χ1v) is 27.1. The number of carbonyl (C=O) groups is 10. The van der Waals surface area contributed by atoms with E-state index in [0.29, 0.717) is 28.8 Å². The van der Waals surface area contributed by atoms with Gasteiger partial charge in [0.15, 0.2) is 0 Å². The number of nitrogens with zero attached hydrogens (tertiary/aromatic N) is 1. The van der Waals surface area contributed by atoms with Gasteiger partial charge in [0.2, 0.25) is 59.1 Å². The molecule has 5 aromatic rings. The highest BCUT2D eigenvalue weighted by molar-refractivity contribution is 5.98. The third-order valence-corrected chi connectivity index (χ3v) is 13.6. The Bertz CT molecular complexity index is 2990. The van der Waals surface area contributed by atoms with Crippen LogP contribution in [0.15, 0.2) is 97.6 Å². The summed E-state index contributed by atoms with van der Waals surface area (Å²) in [5.41, 5.74) is 20.4. The molecule has 0 saturated carbocycles. The van der Waals surface area contributed by atoms with Crippen molar-refractivity contribution in [1.29, 1.82) is 0 Å². The van der Waals surface area contributed by atoms with Gasteiger partial charge in [0.05, 0.1) is 12.4 Å². The maximum Gasteiger partial charge on any atom is 0.243 e. The Hall–Kier alpha value is -9.13. The fourth-order valence-electron chi connectivity index (χ4n) is 8.80. The number of imidazole rings is 1. The standard InChI is InChI=1S/C57H76N14O11/c1-6-7-16-42(49(60)74)66-55(80)44(25-34-13-9-8-10-14-34)69-56(81)46(27-37-29-61-30-63-37)68-50(75)32(4)65-57(82)48(31(2)3)71-51(76)33(5)64-54(79)45(26-36-28-62-41-17-12-11-15-39(36)41)70-53(78)43(22-23-47(59)73)67-52(77)40(58)24-35-18-20-38(72)21-19-35/h8-15,17-21,28-33,40,42-46,48,62,72H,6-7,16,22-27,58H2,1-5H3,(H2,59,73)(H2,60,74)(H,61,63)(H,64,79)(H,65,82)(H,66,80)(H,67,77)(H,68,75)(H,69,81)(H,70,78)(H,71,76). The van der Waals surface area contributed by atoms with E-state index in [9.17, 15) is 53.1 Å². The average molecular weight is 1130 g/mol. The van der Waals surface area contributed by atoms with E-state index in [1.807, 2.05) is 25.1 Å². The number of aromatic hydroxyl groups is 1. The van der Waals surface area contributed by atoms with E-state index >= 15 is 0 Å². The van der Waals surface area contributed by atoms with Crippen molar-refractivity contribution < 1.29 is 53.1 Å². The predicted molar refractivity (Wildman–Crippen MR) is 303 cm³/mol. The zero-order valence-electron chi connectivity index (χ0n) is 46.6. The highest BCUT2D eigenvalue weighted by Crippen LogP contribution is 2.20. The van der Waals surface area contributed by atoms with E-state index in [-0.39, 0.29) is 50.7 Å². The van der Waals surface area contributed by atoms with Crippen molar-refractivity contribution >= 4 is 70.0 Å². The number of para-hydroxylation sites is 1. The van der Waals surface area contributed by atoms with Crippen LogP contribution in [0.25, 0.3) is 10.9 Å². The molecule has 3 aromatic carbocycles. The maximum absolute atomic E-state index is 14.3. The number of phenols is 1. The van der Waals surface area contributed by atoms with E-state index in [2.05, 4.69) is 57.5 Å². The SMILES string of the molecule is CCCCC(NC(=O)C(Cc1ccccc1)NC(=O)C(Cc1cnc[nH]1)NC(=O)C(C)NC(=O)C(NC(=O)C(C)NC(=O)C(Cc1c[nH]c2ccccc12)NC(=O)C(CCC(N)=O)NC(=O)C(N)Cc1ccc(O)cc1)C(C)C)C(N)=O. The lowest BCUT2D eigenvalue weighted by Gasteiger charge is -2.28. The molecule has 17 N–H and O–H groups in total. The summed E-state index contributed by atoms with van der Waals surface area (Å²) in [5, 5.41) is 31.5. The topological polar surface area (TPSA) is 410 Å². The van der Waals surface area contributed by atoms with Crippen molar-refractivity contribution in [2.75, 3.05) is 0 Å². The Morgan fingerprint density at radius 1 is 0.549 bits per heavy atom. The molecule has 25 heteroatoms. The Balaban J connectivity index is 1.27. The Morgan fingerprint density at radius 3 is 1.70 bits per heavy atom. The summed E-state index contributed by atoms with van der Waals surface area (Å²) in [6.45, 7) is 7.92. The number of aromatic nitrogens is 3. The van der Waals surface area contributed by atoms with Gasteiger partial charge in [0.25, 0.3) is 0 Å². The van der Waals surface area contributed by atoms with Gasteiger partial charge in [-0.15, -0.1) is 0 Å². The van der Waals surface area contributed by atoms with Crippen molar-refractivity contribution in [1.82, 2.24) is 57.5 Å². The minimum Gasteiger partial charge on any atom is -0.508 e. The van der Waals surface area contributed by atoms with Crippen LogP contribution < -0.4 is 59.7 Å². The van der Waals surface area contributed by atoms with Crippen LogP contribution in [-0.2, 0) is 73.6 Å². The van der Waals surface area contributed by atoms with Gasteiger partial charge in [0, 0.05) is 54.7 Å². The lowest BCUT2D eigenvalue weighted by atomic mass is 10.0. The molecule has 0 saturated heterocycles. The summed E-state index contributed by atoms with van der Waals surface area (Å²) in [5.74, 6) is -8.37. The fraction of sp³-hybridized carbons (Fsp3) is 0.421. The van der Waals surface area contributed by atoms with Crippen LogP contribution in [0.4, 0.5) is 0 Å². The first-order valence-electron chi connectivity index (χ1n) is 27.1. The molecule has 9 unspecified atom stereocenters. The predicted octanol–water partition coefficient (Wildman–Crippen LogP) is -0.290. The Kier molecular flexibility index (Phi) is 24.1. The van der Waals surface area contributed by atoms with Crippen LogP contribution in [0.3, 0.4) is 0 Å². The molecule has 440 valence electrons. The zero-order valence-corrected chi connectivity index (χ0v) is 46.6. The number of primary amides is 2. The molecule has 0 bridgehead atoms. The van der Waals surface area contributed by atoms with Gasteiger partial charge in [-0.05, 0) is 73.9 Å². The molecule has 25 nitrogen and oxygen atoms in total. The number of hydrogen-bond acceptors (Lipinski definition) is 13. The van der Waals surface area contributed by atoms with Crippen molar-refractivity contribution in [3.05, 3.63) is 120 Å². The second-order valence-electron chi connectivity index (χ2n) is 20.6. The number of nitrogens with two attached hydrogens (primary N) is 3. The second kappa shape index (κ2) is 31.0. The molecule has 2 heterocycles. The highest BCUT2D eigenvalue weighted by Gasteiger charge is 2.35. The summed E-state index contributed by atoms with van der Waals surface area (Å²) < 4.78 is 0. The molecule has 0 aliphatic carbocycles. The summed E-state index contributed by atoms with van der Waals surface area (Å²) >= 11 is 0. The van der Waals surface area contributed by atoms with Crippen LogP contribution in [-0.4, -0.2) is 134 Å². The summed E-state index contributed by atoms with van der Waals surface area (Å²) in [7, 11) is 0. The summed E-state index contributed by atoms with van der Waals surface area (Å²) in [6, 6.07) is 10.7. The number of hydrogen-bond donors (Lipinski definition) is 14. The van der Waals surface area contributed by atoms with Crippen LogP contribution in [0.5, 0.6) is 5.75 Å². The van der Waals surface area contributed by atoms with Crippen molar-refractivity contribution in [3.63, 3.8) is 0 Å². The van der Waals surface area contributed by atoms with E-state index in [1.54, 1.807) is 68.6 Å². The van der Waals surface area contributed by atoms with Crippen LogP contribution in [0.2, 0.25) is 0 Å². The lowest BCUT2D eigenvalue weighted by Crippen LogP contribution is -2.61. The number of fused-ring (bicyclic) bond motifs is 1. The number of rotatable bonds is 32. The highest BCUT2D eigenvalue weighted by atomic mass is 16.3. The third kappa shape index (κ3) is 19.6. The van der Waals surface area contributed by atoms with Gasteiger partial charge in [-0.25, -0.2) is 4.98 Å². The Labute approximate surface area is 474 Å². The Morgan fingerprint density at radius 2 is 1.09 bits per heavy atom. The fourth-order valence-corrected chi connectivity index (χ4v) is 8.80. The third-order valence-electron chi connectivity index (χ3n) is 13.6. The zero-order chi connectivity index (χ0) is 60.0. The molecule has 5 rings (SSSR count). The number of amides is 10. The number of unbranched alkanes of at least 4 members (excludes halogenated alkanes) is 1. The number of aromatic amines is 2. The smallest absolute Gasteiger partial charge is 0.243 e. The number of H-pyrrole nitrogens is 2. The van der Waals surface area contributed by atoms with Crippen LogP contribution in [0.1, 0.15) is 89.1 Å². The van der Waals surface area contributed by atoms with Crippen molar-refractivity contribution in [2.24, 2.45) is 23.1 Å². The first kappa shape index (κ1) is 63.7. The molecule has 10 amide bonds. The second-order valence-corrected chi connectivity index (χ2v) is 20.6. The first-order chi connectivity index (χ1) is 39.0. The van der Waals surface area contributed by atoms with E-state index in [1.165, 1.54) is 38.5 Å². The van der Waals surface area contributed by atoms with Gasteiger partial charge < -0.3 is 74.8 Å². The van der Waals surface area contributed by atoms with Gasteiger partial charge in [-0.2, -0.15) is 0 Å². The van der Waals surface area contributed by atoms with E-state index in [0.717, 1.165) is 17.3 Å². The minimum absolute atomic E-state index is 0.0126. The molecular weight excluding hydrogens is 1060 g/mol. The van der Waals surface area contributed by atoms with Crippen LogP contribution >= 0.6 is 0 Å². The molecule has 82 heavy (non-hydrogen) atoms. The molecule has 0 radical (unpaired) electrons. The molecule has 0 fully saturated rings. The quantitative estimate of drug-likeness (QED) is 0.0264. The van der Waals surface area contributed by atoms with E-state index < -0.39 is 119 Å². The molecule has 9 atom stereocenters. The van der Waals surface area contributed by atoms with Crippen LogP contribution in [0, 0.1) is 5.92 Å². The number of nitrogens with one attached hydrogen (secondary N) is 10. The monoisotopic (exact) mass is 1130 g/mol. The van der Waals surface area contributed by atoms with Crippen molar-refractivity contribution in [3.8, 4) is 5.75 Å². The maximum atomic E-state index is 14.3. The van der Waals surface area contributed by atoms with Gasteiger partial charge in [0.1, 0.15) is 54.1 Å². The molecule has 0 spiro atoms. The number of phenolic OH excluding ortho intramolecular Hbond substituents is 1. The van der Waals surface area contributed by atoms with Gasteiger partial charge >= 0.3 is 0 Å². The van der Waals surface area contributed by atoms with Gasteiger partial charge in [-0.3, -0.25) is 47.9 Å². The van der Waals surface area contributed by atoms with E-state index in [4.69, 9.17) is 17.2 Å². The number of benzene rings is 3. The number of carbonyl (C=O) groups excluding carboxylic acids is 10. The molecule has 0 aliphatic heterocycles. The summed E-state index contributed by atoms with van der Waals surface area (Å²) in [6.07, 6.45) is 5.35. The molecular formula is C57H76N14O11. The summed E-state index contributed by atoms with van der Waals surface area (Å²) in [4.78, 5) is 146. The van der Waals surface area contributed by atoms with Gasteiger partial charge in [-0.1, -0.05) is 94.3 Å². The average Bonchev–Trinajstić information content (AvgIpc) is 4.22.